The van der Waals surface area contributed by atoms with Crippen LogP contribution in [0.4, 0.5) is 0 Å². The monoisotopic (exact) mass is 533 g/mol. The summed E-state index contributed by atoms with van der Waals surface area (Å²) in [7, 11) is 3.23. The highest BCUT2D eigenvalue weighted by atomic mass is 16.5. The highest BCUT2D eigenvalue weighted by Crippen LogP contribution is 2.47. The van der Waals surface area contributed by atoms with Crippen LogP contribution in [-0.4, -0.2) is 38.7 Å². The van der Waals surface area contributed by atoms with Gasteiger partial charge >= 0.3 is 5.97 Å². The maximum atomic E-state index is 13.9. The second-order valence-electron chi connectivity index (χ2n) is 10.2. The van der Waals surface area contributed by atoms with Gasteiger partial charge in [0.1, 0.15) is 5.75 Å². The Kier molecular flexibility index (Phi) is 9.00. The third-order valence-electron chi connectivity index (χ3n) is 7.50. The van der Waals surface area contributed by atoms with Crippen molar-refractivity contribution in [1.82, 2.24) is 5.32 Å². The van der Waals surface area contributed by atoms with Crippen LogP contribution in [0.25, 0.3) is 0 Å². The normalized spacial score (nSPS) is 19.7. The first-order valence-electron chi connectivity index (χ1n) is 13.7. The van der Waals surface area contributed by atoms with Crippen LogP contribution < -0.4 is 19.5 Å². The van der Waals surface area contributed by atoms with Gasteiger partial charge in [-0.2, -0.15) is 0 Å². The lowest BCUT2D eigenvalue weighted by Gasteiger charge is -2.37. The van der Waals surface area contributed by atoms with Gasteiger partial charge in [-0.05, 0) is 74.4 Å². The van der Waals surface area contributed by atoms with Gasteiger partial charge in [-0.3, -0.25) is 4.79 Å². The first-order chi connectivity index (χ1) is 18.8. The summed E-state index contributed by atoms with van der Waals surface area (Å²) in [6, 6.07) is 13.5. The van der Waals surface area contributed by atoms with E-state index in [0.29, 0.717) is 54.2 Å². The number of ketones is 1. The average Bonchev–Trinajstić information content (AvgIpc) is 2.94. The molecule has 0 amide bonds. The summed E-state index contributed by atoms with van der Waals surface area (Å²) in [5, 5.41) is 3.42. The van der Waals surface area contributed by atoms with Gasteiger partial charge in [-0.25, -0.2) is 4.79 Å². The number of hydrogen-bond acceptors (Lipinski definition) is 7. The predicted octanol–water partition coefficient (Wildman–Crippen LogP) is 6.20. The molecule has 0 saturated heterocycles. The van der Waals surface area contributed by atoms with Crippen molar-refractivity contribution in [2.75, 3.05) is 20.8 Å². The van der Waals surface area contributed by atoms with E-state index >= 15 is 0 Å². The number of carbonyl (C=O) groups is 2. The number of carbonyl (C=O) groups excluding carboxylic acids is 2. The molecule has 4 rings (SSSR count). The third-order valence-corrected chi connectivity index (χ3v) is 7.50. The molecule has 1 aliphatic heterocycles. The molecule has 3 atom stereocenters. The minimum absolute atomic E-state index is 0.0150. The molecule has 1 aliphatic carbocycles. The number of methoxy groups -OCH3 is 2. The Bertz CT molecular complexity index is 1280. The molecule has 0 saturated carbocycles. The molecule has 0 fully saturated rings. The fourth-order valence-electron chi connectivity index (χ4n) is 5.28. The van der Waals surface area contributed by atoms with E-state index < -0.39 is 11.9 Å². The number of allylic oxidation sites excluding steroid dienone is 3. The summed E-state index contributed by atoms with van der Waals surface area (Å²) in [6.07, 6.45) is 2.33. The molecule has 39 heavy (non-hydrogen) atoms. The molecule has 2 aromatic rings. The van der Waals surface area contributed by atoms with Gasteiger partial charge in [0.2, 0.25) is 0 Å². The molecular weight excluding hydrogens is 494 g/mol. The SMILES string of the molecule is CCCOc1ccc([C@@H]2C(C(=O)O[C@@H](C)CC)=C(C)NC3=C2C(=O)C[C@@H](c2ccc(OC)cc2)C3)cc1OC. The lowest BCUT2D eigenvalue weighted by molar-refractivity contribution is -0.144. The zero-order valence-corrected chi connectivity index (χ0v) is 23.8. The zero-order valence-electron chi connectivity index (χ0n) is 23.8. The highest BCUT2D eigenvalue weighted by molar-refractivity contribution is 6.04. The molecule has 0 spiro atoms. The van der Waals surface area contributed by atoms with Crippen LogP contribution in [0.3, 0.4) is 0 Å². The van der Waals surface area contributed by atoms with E-state index in [0.717, 1.165) is 29.0 Å². The standard InChI is InChI=1S/C32H39NO6/c1-7-15-38-27-14-11-22(18-28(27)37-6)30-29(32(35)39-19(3)8-2)20(4)33-25-16-23(17-26(34)31(25)30)21-9-12-24(36-5)13-10-21/h9-14,18-19,23,30,33H,7-8,15-17H2,1-6H3/t19-,23-,30+/m0/s1. The number of esters is 1. The lowest BCUT2D eigenvalue weighted by atomic mass is 9.71. The van der Waals surface area contributed by atoms with E-state index in [1.807, 2.05) is 70.2 Å². The van der Waals surface area contributed by atoms with Crippen molar-refractivity contribution >= 4 is 11.8 Å². The Morgan fingerprint density at radius 2 is 1.72 bits per heavy atom. The van der Waals surface area contributed by atoms with Crippen LogP contribution in [0, 0.1) is 0 Å². The zero-order chi connectivity index (χ0) is 28.1. The third kappa shape index (κ3) is 5.97. The first kappa shape index (κ1) is 28.3. The number of benzene rings is 2. The van der Waals surface area contributed by atoms with Crippen molar-refractivity contribution in [3.63, 3.8) is 0 Å². The van der Waals surface area contributed by atoms with E-state index in [1.165, 1.54) is 0 Å². The predicted molar refractivity (Wildman–Crippen MR) is 150 cm³/mol. The maximum absolute atomic E-state index is 13.9. The second-order valence-corrected chi connectivity index (χ2v) is 10.2. The first-order valence-corrected chi connectivity index (χ1v) is 13.7. The molecular formula is C32H39NO6. The molecule has 1 heterocycles. The van der Waals surface area contributed by atoms with Crippen molar-refractivity contribution in [3.05, 3.63) is 76.1 Å². The van der Waals surface area contributed by atoms with E-state index in [-0.39, 0.29) is 17.8 Å². The Balaban J connectivity index is 1.78. The van der Waals surface area contributed by atoms with Gasteiger partial charge in [0.15, 0.2) is 17.3 Å². The van der Waals surface area contributed by atoms with E-state index in [1.54, 1.807) is 14.2 Å². The van der Waals surface area contributed by atoms with Gasteiger partial charge in [0.05, 0.1) is 32.5 Å². The Labute approximate surface area is 231 Å². The minimum Gasteiger partial charge on any atom is -0.497 e. The largest absolute Gasteiger partial charge is 0.497 e. The number of ether oxygens (including phenoxy) is 4. The summed E-state index contributed by atoms with van der Waals surface area (Å²) in [6.45, 7) is 8.33. The molecule has 0 aromatic heterocycles. The van der Waals surface area contributed by atoms with Gasteiger partial charge in [-0.15, -0.1) is 0 Å². The Morgan fingerprint density at radius 1 is 1.00 bits per heavy atom. The Hall–Kier alpha value is -3.74. The molecule has 208 valence electrons. The average molecular weight is 534 g/mol. The lowest BCUT2D eigenvalue weighted by Crippen LogP contribution is -2.36. The van der Waals surface area contributed by atoms with Crippen LogP contribution in [0.1, 0.15) is 76.3 Å². The summed E-state index contributed by atoms with van der Waals surface area (Å²) in [4.78, 5) is 27.4. The summed E-state index contributed by atoms with van der Waals surface area (Å²) in [5.74, 6) is 1.02. The van der Waals surface area contributed by atoms with Gasteiger partial charge in [0.25, 0.3) is 0 Å². The van der Waals surface area contributed by atoms with Crippen molar-refractivity contribution in [1.29, 1.82) is 0 Å². The molecule has 0 bridgehead atoms. The summed E-state index contributed by atoms with van der Waals surface area (Å²) >= 11 is 0. The van der Waals surface area contributed by atoms with Crippen LogP contribution in [0.5, 0.6) is 17.2 Å². The number of dihydropyridines is 1. The molecule has 1 N–H and O–H groups in total. The van der Waals surface area contributed by atoms with Gasteiger partial charge in [-0.1, -0.05) is 32.0 Å². The van der Waals surface area contributed by atoms with Crippen molar-refractivity contribution in [2.45, 2.75) is 71.3 Å². The van der Waals surface area contributed by atoms with Crippen molar-refractivity contribution < 1.29 is 28.5 Å². The highest BCUT2D eigenvalue weighted by Gasteiger charge is 2.42. The summed E-state index contributed by atoms with van der Waals surface area (Å²) < 4.78 is 22.6. The van der Waals surface area contributed by atoms with Crippen molar-refractivity contribution in [3.8, 4) is 17.2 Å². The minimum atomic E-state index is -0.573. The maximum Gasteiger partial charge on any atom is 0.337 e. The Morgan fingerprint density at radius 3 is 2.36 bits per heavy atom. The number of Topliss-reactive ketones (excluding diaryl/α,β-unsaturated/α-hetero) is 1. The van der Waals surface area contributed by atoms with Crippen molar-refractivity contribution in [2.24, 2.45) is 0 Å². The van der Waals surface area contributed by atoms with Crippen LogP contribution >= 0.6 is 0 Å². The smallest absolute Gasteiger partial charge is 0.337 e. The van der Waals surface area contributed by atoms with Gasteiger partial charge < -0.3 is 24.3 Å². The molecule has 7 nitrogen and oxygen atoms in total. The molecule has 2 aromatic carbocycles. The fraction of sp³-hybridized carbons (Fsp3) is 0.438. The number of hydrogen-bond donors (Lipinski definition) is 1. The summed E-state index contributed by atoms with van der Waals surface area (Å²) in [5.41, 5.74) is 4.48. The van der Waals surface area contributed by atoms with E-state index in [4.69, 9.17) is 18.9 Å². The van der Waals surface area contributed by atoms with E-state index in [9.17, 15) is 9.59 Å². The number of rotatable bonds is 10. The molecule has 2 aliphatic rings. The van der Waals surface area contributed by atoms with Crippen LogP contribution in [0.15, 0.2) is 65.0 Å². The fourth-order valence-corrected chi connectivity index (χ4v) is 5.28. The second kappa shape index (κ2) is 12.4. The topological polar surface area (TPSA) is 83.1 Å². The quantitative estimate of drug-likeness (QED) is 0.364. The van der Waals surface area contributed by atoms with Crippen LogP contribution in [-0.2, 0) is 14.3 Å². The van der Waals surface area contributed by atoms with Gasteiger partial charge in [0, 0.05) is 29.3 Å². The van der Waals surface area contributed by atoms with E-state index in [2.05, 4.69) is 5.32 Å². The molecule has 0 unspecified atom stereocenters. The van der Waals surface area contributed by atoms with Crippen LogP contribution in [0.2, 0.25) is 0 Å². The number of nitrogens with one attached hydrogen (secondary N) is 1. The molecule has 0 radical (unpaired) electrons. The molecule has 7 heteroatoms.